The molecule has 1 amide bonds. The van der Waals surface area contributed by atoms with Gasteiger partial charge in [-0.15, -0.1) is 0 Å². The molecule has 96 valence electrons. The Morgan fingerprint density at radius 1 is 1.39 bits per heavy atom. The summed E-state index contributed by atoms with van der Waals surface area (Å²) in [5.74, 6) is -0.415. The quantitative estimate of drug-likeness (QED) is 0.767. The van der Waals surface area contributed by atoms with Gasteiger partial charge in [0.1, 0.15) is 0 Å². The molecule has 1 aromatic carbocycles. The molecule has 0 radical (unpaired) electrons. The summed E-state index contributed by atoms with van der Waals surface area (Å²) in [5, 5.41) is 5.86. The highest BCUT2D eigenvalue weighted by Crippen LogP contribution is 2.18. The second-order valence-electron chi connectivity index (χ2n) is 4.27. The number of methoxy groups -OCH3 is 1. The van der Waals surface area contributed by atoms with Crippen molar-refractivity contribution in [2.45, 2.75) is 18.9 Å². The first-order valence-corrected chi connectivity index (χ1v) is 5.90. The summed E-state index contributed by atoms with van der Waals surface area (Å²) in [6.45, 7) is 0.209. The van der Waals surface area contributed by atoms with Crippen molar-refractivity contribution in [1.29, 1.82) is 0 Å². The molecule has 0 atom stereocenters. The zero-order chi connectivity index (χ0) is 13.0. The van der Waals surface area contributed by atoms with E-state index < -0.39 is 0 Å². The lowest BCUT2D eigenvalue weighted by Gasteiger charge is -2.08. The molecule has 0 saturated heterocycles. The van der Waals surface area contributed by atoms with E-state index in [2.05, 4.69) is 15.4 Å². The fourth-order valence-corrected chi connectivity index (χ4v) is 1.56. The molecule has 2 rings (SSSR count). The normalized spacial score (nSPS) is 13.8. The van der Waals surface area contributed by atoms with E-state index >= 15 is 0 Å². The van der Waals surface area contributed by atoms with Gasteiger partial charge in [-0.05, 0) is 31.0 Å². The van der Waals surface area contributed by atoms with Crippen LogP contribution in [0.1, 0.15) is 23.2 Å². The van der Waals surface area contributed by atoms with E-state index in [-0.39, 0.29) is 18.4 Å². The lowest BCUT2D eigenvalue weighted by molar-refractivity contribution is -0.119. The largest absolute Gasteiger partial charge is 0.465 e. The number of rotatable bonds is 5. The van der Waals surface area contributed by atoms with Gasteiger partial charge in [0.15, 0.2) is 0 Å². The summed E-state index contributed by atoms with van der Waals surface area (Å²) in [6.07, 6.45) is 2.15. The Bertz CT molecular complexity index is 455. The molecule has 5 heteroatoms. The summed E-state index contributed by atoms with van der Waals surface area (Å²) in [5.41, 5.74) is 1.19. The molecule has 5 nitrogen and oxygen atoms in total. The van der Waals surface area contributed by atoms with Crippen LogP contribution in [0.2, 0.25) is 0 Å². The van der Waals surface area contributed by atoms with Crippen molar-refractivity contribution >= 4 is 17.6 Å². The van der Waals surface area contributed by atoms with E-state index in [0.29, 0.717) is 11.6 Å². The van der Waals surface area contributed by atoms with Crippen LogP contribution in [-0.2, 0) is 9.53 Å². The van der Waals surface area contributed by atoms with Gasteiger partial charge >= 0.3 is 5.97 Å². The zero-order valence-electron chi connectivity index (χ0n) is 10.2. The maximum atomic E-state index is 11.5. The minimum atomic E-state index is -0.388. The summed E-state index contributed by atoms with van der Waals surface area (Å²) in [4.78, 5) is 22.8. The van der Waals surface area contributed by atoms with Crippen LogP contribution in [0.25, 0.3) is 0 Å². The Morgan fingerprint density at radius 2 is 2.17 bits per heavy atom. The Balaban J connectivity index is 1.88. The van der Waals surface area contributed by atoms with Crippen molar-refractivity contribution in [2.24, 2.45) is 0 Å². The topological polar surface area (TPSA) is 67.4 Å². The van der Waals surface area contributed by atoms with Crippen molar-refractivity contribution in [3.05, 3.63) is 29.8 Å². The fourth-order valence-electron chi connectivity index (χ4n) is 1.56. The molecule has 0 unspecified atom stereocenters. The Morgan fingerprint density at radius 3 is 2.83 bits per heavy atom. The molecule has 1 aliphatic rings. The van der Waals surface area contributed by atoms with E-state index in [1.54, 1.807) is 24.3 Å². The summed E-state index contributed by atoms with van der Waals surface area (Å²) in [6, 6.07) is 7.24. The Labute approximate surface area is 106 Å². The van der Waals surface area contributed by atoms with Crippen molar-refractivity contribution in [3.63, 3.8) is 0 Å². The van der Waals surface area contributed by atoms with Crippen LogP contribution >= 0.6 is 0 Å². The monoisotopic (exact) mass is 248 g/mol. The highest BCUT2D eigenvalue weighted by molar-refractivity contribution is 5.90. The second kappa shape index (κ2) is 5.53. The van der Waals surface area contributed by atoms with E-state index in [9.17, 15) is 9.59 Å². The average molecular weight is 248 g/mol. The molecule has 18 heavy (non-hydrogen) atoms. The van der Waals surface area contributed by atoms with Gasteiger partial charge < -0.3 is 15.4 Å². The maximum Gasteiger partial charge on any atom is 0.337 e. The van der Waals surface area contributed by atoms with Gasteiger partial charge in [-0.25, -0.2) is 4.79 Å². The van der Waals surface area contributed by atoms with Crippen LogP contribution in [0.3, 0.4) is 0 Å². The van der Waals surface area contributed by atoms with Gasteiger partial charge in [0.2, 0.25) is 5.91 Å². The van der Waals surface area contributed by atoms with Crippen LogP contribution in [0.15, 0.2) is 24.3 Å². The van der Waals surface area contributed by atoms with Crippen LogP contribution < -0.4 is 10.6 Å². The number of hydrogen-bond donors (Lipinski definition) is 2. The summed E-state index contributed by atoms with van der Waals surface area (Å²) < 4.78 is 4.63. The molecule has 1 aromatic rings. The van der Waals surface area contributed by atoms with E-state index in [1.165, 1.54) is 7.11 Å². The fraction of sp³-hybridized carbons (Fsp3) is 0.385. The number of esters is 1. The minimum Gasteiger partial charge on any atom is -0.465 e. The predicted molar refractivity (Wildman–Crippen MR) is 67.4 cm³/mol. The molecule has 0 aliphatic heterocycles. The third-order valence-corrected chi connectivity index (χ3v) is 2.68. The van der Waals surface area contributed by atoms with E-state index in [1.807, 2.05) is 0 Å². The van der Waals surface area contributed by atoms with Crippen molar-refractivity contribution < 1.29 is 14.3 Å². The number of hydrogen-bond acceptors (Lipinski definition) is 4. The molecule has 1 fully saturated rings. The van der Waals surface area contributed by atoms with E-state index in [4.69, 9.17) is 0 Å². The first kappa shape index (κ1) is 12.4. The standard InChI is InChI=1S/C13H16N2O3/c1-18-13(17)9-3-2-4-11(7-9)14-8-12(16)15-10-5-6-10/h2-4,7,10,14H,5-6,8H2,1H3,(H,15,16). The SMILES string of the molecule is COC(=O)c1cccc(NCC(=O)NC2CC2)c1. The molecule has 0 spiro atoms. The number of benzene rings is 1. The second-order valence-corrected chi connectivity index (χ2v) is 4.27. The smallest absolute Gasteiger partial charge is 0.337 e. The van der Waals surface area contributed by atoms with Gasteiger partial charge in [0.25, 0.3) is 0 Å². The number of amides is 1. The van der Waals surface area contributed by atoms with Crippen molar-refractivity contribution in [3.8, 4) is 0 Å². The van der Waals surface area contributed by atoms with Gasteiger partial charge in [-0.2, -0.15) is 0 Å². The van der Waals surface area contributed by atoms with Crippen LogP contribution in [0.4, 0.5) is 5.69 Å². The molecular formula is C13H16N2O3. The molecule has 0 heterocycles. The minimum absolute atomic E-state index is 0.0269. The number of nitrogens with one attached hydrogen (secondary N) is 2. The van der Waals surface area contributed by atoms with Crippen LogP contribution in [0.5, 0.6) is 0 Å². The Hall–Kier alpha value is -2.04. The third-order valence-electron chi connectivity index (χ3n) is 2.68. The number of anilines is 1. The van der Waals surface area contributed by atoms with Crippen LogP contribution in [-0.4, -0.2) is 31.6 Å². The summed E-state index contributed by atoms with van der Waals surface area (Å²) in [7, 11) is 1.34. The molecule has 1 saturated carbocycles. The molecular weight excluding hydrogens is 232 g/mol. The van der Waals surface area contributed by atoms with E-state index in [0.717, 1.165) is 18.5 Å². The maximum absolute atomic E-state index is 11.5. The van der Waals surface area contributed by atoms with Gasteiger partial charge in [0.05, 0.1) is 19.2 Å². The van der Waals surface area contributed by atoms with Gasteiger partial charge in [-0.3, -0.25) is 4.79 Å². The summed E-state index contributed by atoms with van der Waals surface area (Å²) >= 11 is 0. The zero-order valence-corrected chi connectivity index (χ0v) is 10.2. The number of carbonyl (C=O) groups is 2. The third kappa shape index (κ3) is 3.48. The highest BCUT2D eigenvalue weighted by Gasteiger charge is 2.22. The Kier molecular flexibility index (Phi) is 3.82. The van der Waals surface area contributed by atoms with Crippen molar-refractivity contribution in [2.75, 3.05) is 19.0 Å². The van der Waals surface area contributed by atoms with Gasteiger partial charge in [0, 0.05) is 11.7 Å². The number of carbonyl (C=O) groups excluding carboxylic acids is 2. The first-order chi connectivity index (χ1) is 8.69. The molecule has 0 bridgehead atoms. The molecule has 0 aromatic heterocycles. The lowest BCUT2D eigenvalue weighted by Crippen LogP contribution is -2.31. The first-order valence-electron chi connectivity index (χ1n) is 5.90. The lowest BCUT2D eigenvalue weighted by atomic mass is 10.2. The highest BCUT2D eigenvalue weighted by atomic mass is 16.5. The molecule has 2 N–H and O–H groups in total. The average Bonchev–Trinajstić information content (AvgIpc) is 3.19. The number of ether oxygens (including phenoxy) is 1. The van der Waals surface area contributed by atoms with Gasteiger partial charge in [-0.1, -0.05) is 6.07 Å². The van der Waals surface area contributed by atoms with Crippen LogP contribution in [0, 0.1) is 0 Å². The predicted octanol–water partition coefficient (Wildman–Crippen LogP) is 1.16. The van der Waals surface area contributed by atoms with Crippen molar-refractivity contribution in [1.82, 2.24) is 5.32 Å². The molecule has 1 aliphatic carbocycles.